The number of hydrogen-bond donors (Lipinski definition) is 2. The number of carbonyl (C=O) groups is 1. The Morgan fingerprint density at radius 2 is 2.38 bits per heavy atom. The second-order valence-corrected chi connectivity index (χ2v) is 2.97. The molecule has 0 fully saturated rings. The number of amides is 1. The van der Waals surface area contributed by atoms with Crippen LogP contribution >= 0.6 is 0 Å². The first-order valence-corrected chi connectivity index (χ1v) is 4.55. The lowest BCUT2D eigenvalue weighted by atomic mass is 10.0. The lowest BCUT2D eigenvalue weighted by Gasteiger charge is -2.13. The summed E-state index contributed by atoms with van der Waals surface area (Å²) in [5, 5.41) is 11.4. The van der Waals surface area contributed by atoms with Crippen LogP contribution in [0.15, 0.2) is 0 Å². The van der Waals surface area contributed by atoms with Gasteiger partial charge in [-0.1, -0.05) is 19.3 Å². The fourth-order valence-electron chi connectivity index (χ4n) is 1.05. The van der Waals surface area contributed by atoms with Crippen LogP contribution in [0.25, 0.3) is 0 Å². The largest absolute Gasteiger partial charge is 0.396 e. The molecule has 0 aromatic carbocycles. The van der Waals surface area contributed by atoms with Crippen molar-refractivity contribution in [3.8, 4) is 12.3 Å². The minimum atomic E-state index is -0.112. The van der Waals surface area contributed by atoms with Gasteiger partial charge in [0.2, 0.25) is 5.91 Å². The van der Waals surface area contributed by atoms with Crippen molar-refractivity contribution >= 4 is 5.91 Å². The predicted molar refractivity (Wildman–Crippen MR) is 51.9 cm³/mol. The molecule has 0 heterocycles. The van der Waals surface area contributed by atoms with Gasteiger partial charge in [0.25, 0.3) is 0 Å². The van der Waals surface area contributed by atoms with Crippen molar-refractivity contribution < 1.29 is 9.90 Å². The average Bonchev–Trinajstić information content (AvgIpc) is 2.12. The Balaban J connectivity index is 3.59. The summed E-state index contributed by atoms with van der Waals surface area (Å²) in [5.41, 5.74) is 0. The molecule has 0 bridgehead atoms. The smallest absolute Gasteiger partial charge is 0.232 e. The molecular formula is C10H17NO2. The van der Waals surface area contributed by atoms with E-state index < -0.39 is 0 Å². The van der Waals surface area contributed by atoms with Crippen LogP contribution < -0.4 is 5.32 Å². The van der Waals surface area contributed by atoms with Crippen molar-refractivity contribution in [2.75, 3.05) is 13.2 Å². The molecule has 3 nitrogen and oxygen atoms in total. The highest BCUT2D eigenvalue weighted by molar-refractivity contribution is 5.78. The van der Waals surface area contributed by atoms with Crippen molar-refractivity contribution in [2.24, 2.45) is 5.92 Å². The molecule has 1 unspecified atom stereocenters. The number of carbonyl (C=O) groups excluding carboxylic acids is 1. The van der Waals surface area contributed by atoms with E-state index in [1.54, 1.807) is 0 Å². The zero-order valence-corrected chi connectivity index (χ0v) is 8.05. The highest BCUT2D eigenvalue weighted by Crippen LogP contribution is 2.05. The molecule has 0 aliphatic rings. The zero-order valence-electron chi connectivity index (χ0n) is 8.05. The molecule has 2 N–H and O–H groups in total. The van der Waals surface area contributed by atoms with Gasteiger partial charge >= 0.3 is 0 Å². The van der Waals surface area contributed by atoms with Crippen molar-refractivity contribution in [2.45, 2.75) is 26.2 Å². The number of aliphatic hydroxyl groups excluding tert-OH is 1. The molecule has 0 aromatic heterocycles. The Hall–Kier alpha value is -1.01. The maximum Gasteiger partial charge on any atom is 0.232 e. The van der Waals surface area contributed by atoms with E-state index in [1.807, 2.05) is 6.92 Å². The Morgan fingerprint density at radius 1 is 1.69 bits per heavy atom. The molecule has 13 heavy (non-hydrogen) atoms. The fraction of sp³-hybridized carbons (Fsp3) is 0.700. The summed E-state index contributed by atoms with van der Waals surface area (Å²) >= 11 is 0. The van der Waals surface area contributed by atoms with E-state index in [2.05, 4.69) is 11.2 Å². The van der Waals surface area contributed by atoms with Gasteiger partial charge in [-0.2, -0.15) is 0 Å². The summed E-state index contributed by atoms with van der Waals surface area (Å²) in [6.07, 6.45) is 6.79. The predicted octanol–water partition coefficient (Wildman–Crippen LogP) is 0.534. The molecule has 3 heteroatoms. The standard InChI is InChI=1S/C10H17NO2/c1-3-5-10(13)11-8-9(4-2)6-7-12/h1,9,12H,4-8H2,2H3,(H,11,13). The summed E-state index contributed by atoms with van der Waals surface area (Å²) in [4.78, 5) is 11.0. The van der Waals surface area contributed by atoms with E-state index in [9.17, 15) is 4.79 Å². The van der Waals surface area contributed by atoms with E-state index in [4.69, 9.17) is 11.5 Å². The molecular weight excluding hydrogens is 166 g/mol. The van der Waals surface area contributed by atoms with Gasteiger partial charge in [-0.15, -0.1) is 6.42 Å². The highest BCUT2D eigenvalue weighted by atomic mass is 16.3. The third kappa shape index (κ3) is 6.18. The number of rotatable bonds is 6. The van der Waals surface area contributed by atoms with Crippen LogP contribution in [0.3, 0.4) is 0 Å². The van der Waals surface area contributed by atoms with Gasteiger partial charge in [-0.3, -0.25) is 4.79 Å². The molecule has 0 radical (unpaired) electrons. The van der Waals surface area contributed by atoms with Crippen LogP contribution in [0.2, 0.25) is 0 Å². The first-order chi connectivity index (χ1) is 6.24. The molecule has 0 aromatic rings. The molecule has 1 amide bonds. The molecule has 0 saturated carbocycles. The first-order valence-electron chi connectivity index (χ1n) is 4.55. The summed E-state index contributed by atoms with van der Waals surface area (Å²) < 4.78 is 0. The van der Waals surface area contributed by atoms with Gasteiger partial charge < -0.3 is 10.4 Å². The second kappa shape index (κ2) is 7.63. The average molecular weight is 183 g/mol. The van der Waals surface area contributed by atoms with Crippen molar-refractivity contribution in [1.82, 2.24) is 5.32 Å². The summed E-state index contributed by atoms with van der Waals surface area (Å²) in [6.45, 7) is 2.81. The number of aliphatic hydroxyl groups is 1. The molecule has 0 saturated heterocycles. The lowest BCUT2D eigenvalue weighted by molar-refractivity contribution is -0.120. The van der Waals surface area contributed by atoms with E-state index in [-0.39, 0.29) is 18.9 Å². The zero-order chi connectivity index (χ0) is 10.1. The molecule has 0 aliphatic carbocycles. The minimum Gasteiger partial charge on any atom is -0.396 e. The highest BCUT2D eigenvalue weighted by Gasteiger charge is 2.06. The van der Waals surface area contributed by atoms with E-state index in [1.165, 1.54) is 0 Å². The van der Waals surface area contributed by atoms with Crippen LogP contribution in [-0.4, -0.2) is 24.2 Å². The Labute approximate surface area is 79.5 Å². The van der Waals surface area contributed by atoms with Crippen molar-refractivity contribution in [1.29, 1.82) is 0 Å². The van der Waals surface area contributed by atoms with Gasteiger partial charge in [-0.25, -0.2) is 0 Å². The Kier molecular flexibility index (Phi) is 7.04. The molecule has 0 spiro atoms. The molecule has 74 valence electrons. The van der Waals surface area contributed by atoms with Crippen LogP contribution in [0.5, 0.6) is 0 Å². The van der Waals surface area contributed by atoms with Crippen LogP contribution in [0, 0.1) is 18.3 Å². The van der Waals surface area contributed by atoms with E-state index >= 15 is 0 Å². The number of terminal acetylenes is 1. The van der Waals surface area contributed by atoms with Crippen molar-refractivity contribution in [3.05, 3.63) is 0 Å². The topological polar surface area (TPSA) is 49.3 Å². The normalized spacial score (nSPS) is 11.8. The summed E-state index contributed by atoms with van der Waals surface area (Å²) in [6, 6.07) is 0. The molecule has 0 aliphatic heterocycles. The number of hydrogen-bond acceptors (Lipinski definition) is 2. The lowest BCUT2D eigenvalue weighted by Crippen LogP contribution is -2.29. The maximum atomic E-state index is 11.0. The maximum absolute atomic E-state index is 11.0. The van der Waals surface area contributed by atoms with Gasteiger partial charge in [0.1, 0.15) is 0 Å². The van der Waals surface area contributed by atoms with E-state index in [0.717, 1.165) is 12.8 Å². The van der Waals surface area contributed by atoms with Gasteiger partial charge in [0.15, 0.2) is 0 Å². The Bertz CT molecular complexity index is 184. The van der Waals surface area contributed by atoms with Crippen molar-refractivity contribution in [3.63, 3.8) is 0 Å². The quantitative estimate of drug-likeness (QED) is 0.590. The van der Waals surface area contributed by atoms with Crippen LogP contribution in [0.1, 0.15) is 26.2 Å². The molecule has 1 atom stereocenters. The number of nitrogens with one attached hydrogen (secondary N) is 1. The first kappa shape index (κ1) is 12.0. The summed E-state index contributed by atoms with van der Waals surface area (Å²) in [5.74, 6) is 2.52. The SMILES string of the molecule is C#CCC(=O)NCC(CC)CCO. The fourth-order valence-corrected chi connectivity index (χ4v) is 1.05. The third-order valence-corrected chi connectivity index (χ3v) is 1.97. The summed E-state index contributed by atoms with van der Waals surface area (Å²) in [7, 11) is 0. The third-order valence-electron chi connectivity index (χ3n) is 1.97. The van der Waals surface area contributed by atoms with Crippen LogP contribution in [-0.2, 0) is 4.79 Å². The molecule has 0 rings (SSSR count). The minimum absolute atomic E-state index is 0.112. The van der Waals surface area contributed by atoms with Gasteiger partial charge in [0.05, 0.1) is 6.42 Å². The van der Waals surface area contributed by atoms with Crippen LogP contribution in [0.4, 0.5) is 0 Å². The second-order valence-electron chi connectivity index (χ2n) is 2.97. The van der Waals surface area contributed by atoms with Gasteiger partial charge in [-0.05, 0) is 12.3 Å². The monoisotopic (exact) mass is 183 g/mol. The Morgan fingerprint density at radius 3 is 2.85 bits per heavy atom. The van der Waals surface area contributed by atoms with Gasteiger partial charge in [0, 0.05) is 13.2 Å². The van der Waals surface area contributed by atoms with E-state index in [0.29, 0.717) is 12.5 Å².